The van der Waals surface area contributed by atoms with E-state index in [-0.39, 0.29) is 34.7 Å². The summed E-state index contributed by atoms with van der Waals surface area (Å²) in [5, 5.41) is 31.7. The first kappa shape index (κ1) is 24.2. The fourth-order valence-corrected chi connectivity index (χ4v) is 3.79. The Balaban J connectivity index is 1.66. The first-order valence-corrected chi connectivity index (χ1v) is 10.9. The van der Waals surface area contributed by atoms with E-state index in [1.54, 1.807) is 42.5 Å². The minimum absolute atomic E-state index is 0.0625. The van der Waals surface area contributed by atoms with Gasteiger partial charge >= 0.3 is 11.9 Å². The Labute approximate surface area is 205 Å². The summed E-state index contributed by atoms with van der Waals surface area (Å²) in [7, 11) is 1.20. The number of phenols is 2. The van der Waals surface area contributed by atoms with E-state index >= 15 is 0 Å². The third-order valence-electron chi connectivity index (χ3n) is 5.64. The van der Waals surface area contributed by atoms with Crippen LogP contribution in [0, 0.1) is 0 Å². The fourth-order valence-electron chi connectivity index (χ4n) is 3.79. The monoisotopic (exact) mass is 486 g/mol. The molecule has 1 amide bonds. The van der Waals surface area contributed by atoms with Gasteiger partial charge in [-0.2, -0.15) is 0 Å². The number of hydrogen-bond donors (Lipinski definition) is 4. The molecule has 182 valence electrons. The summed E-state index contributed by atoms with van der Waals surface area (Å²) in [4.78, 5) is 41.7. The van der Waals surface area contributed by atoms with Crippen LogP contribution in [0.15, 0.2) is 72.8 Å². The highest BCUT2D eigenvalue weighted by atomic mass is 16.5. The molecule has 0 aliphatic carbocycles. The predicted octanol–water partition coefficient (Wildman–Crippen LogP) is 3.53. The predicted molar refractivity (Wildman–Crippen MR) is 131 cm³/mol. The van der Waals surface area contributed by atoms with Crippen LogP contribution in [0.2, 0.25) is 0 Å². The van der Waals surface area contributed by atoms with E-state index in [4.69, 9.17) is 4.74 Å². The number of rotatable bonds is 7. The number of hydrogen-bond acceptors (Lipinski definition) is 7. The third kappa shape index (κ3) is 5.25. The van der Waals surface area contributed by atoms with Crippen molar-refractivity contribution in [2.75, 3.05) is 7.11 Å². The first-order valence-electron chi connectivity index (χ1n) is 10.9. The number of carbonyl (C=O) groups is 3. The Kier molecular flexibility index (Phi) is 6.82. The lowest BCUT2D eigenvalue weighted by atomic mass is 10.00. The smallest absolute Gasteiger partial charge is 0.336 e. The number of benzene rings is 3. The van der Waals surface area contributed by atoms with Gasteiger partial charge in [0.15, 0.2) is 0 Å². The average Bonchev–Trinajstić information content (AvgIpc) is 2.88. The largest absolute Gasteiger partial charge is 0.508 e. The molecule has 0 fully saturated rings. The standard InChI is InChI=1S/C27H22N2O7/c1-36-27(35)24(12-15-2-7-18(30)8-3-15)29-25(32)23-14-21(26(33)34)20-13-17(6-11-22(20)28-23)16-4-9-19(31)10-5-16/h2-11,13-14,24,30-31H,12H2,1H3,(H,29,32)(H,33,34)/t24-/m0/s1. The molecule has 4 N–H and O–H groups in total. The number of carboxylic acids is 1. The molecule has 0 radical (unpaired) electrons. The Morgan fingerprint density at radius 3 is 2.11 bits per heavy atom. The second-order valence-corrected chi connectivity index (χ2v) is 8.06. The molecule has 1 heterocycles. The maximum Gasteiger partial charge on any atom is 0.336 e. The van der Waals surface area contributed by atoms with Gasteiger partial charge in [0, 0.05) is 11.8 Å². The van der Waals surface area contributed by atoms with Crippen molar-refractivity contribution < 1.29 is 34.4 Å². The van der Waals surface area contributed by atoms with Crippen LogP contribution in [0.3, 0.4) is 0 Å². The van der Waals surface area contributed by atoms with Gasteiger partial charge in [0.2, 0.25) is 0 Å². The molecule has 9 nitrogen and oxygen atoms in total. The van der Waals surface area contributed by atoms with Crippen molar-refractivity contribution in [3.05, 3.63) is 89.6 Å². The minimum atomic E-state index is -1.24. The molecule has 0 saturated carbocycles. The van der Waals surface area contributed by atoms with E-state index in [0.717, 1.165) is 11.6 Å². The van der Waals surface area contributed by atoms with Crippen LogP contribution in [0.1, 0.15) is 26.4 Å². The SMILES string of the molecule is COC(=O)[C@H](Cc1ccc(O)cc1)NC(=O)c1cc(C(=O)O)c2cc(-c3ccc(O)cc3)ccc2n1. The van der Waals surface area contributed by atoms with E-state index in [2.05, 4.69) is 10.3 Å². The van der Waals surface area contributed by atoms with Crippen LogP contribution in [0.4, 0.5) is 0 Å². The van der Waals surface area contributed by atoms with Gasteiger partial charge in [0.25, 0.3) is 5.91 Å². The lowest BCUT2D eigenvalue weighted by Gasteiger charge is -2.17. The van der Waals surface area contributed by atoms with Crippen molar-refractivity contribution in [2.45, 2.75) is 12.5 Å². The summed E-state index contributed by atoms with van der Waals surface area (Å²) in [5.41, 5.74) is 2.14. The number of carbonyl (C=O) groups excluding carboxylic acids is 2. The normalized spacial score (nSPS) is 11.6. The van der Waals surface area contributed by atoms with Crippen molar-refractivity contribution in [1.29, 1.82) is 0 Å². The molecular formula is C27H22N2O7. The molecule has 0 saturated heterocycles. The summed E-state index contributed by atoms with van der Waals surface area (Å²) >= 11 is 0. The second-order valence-electron chi connectivity index (χ2n) is 8.06. The van der Waals surface area contributed by atoms with Crippen LogP contribution in [0.25, 0.3) is 22.0 Å². The maximum absolute atomic E-state index is 13.0. The van der Waals surface area contributed by atoms with Gasteiger partial charge in [0.1, 0.15) is 23.2 Å². The van der Waals surface area contributed by atoms with Gasteiger partial charge in [-0.05, 0) is 59.2 Å². The number of nitrogens with one attached hydrogen (secondary N) is 1. The zero-order valence-electron chi connectivity index (χ0n) is 19.1. The van der Waals surface area contributed by atoms with Crippen molar-refractivity contribution in [1.82, 2.24) is 10.3 Å². The van der Waals surface area contributed by atoms with E-state index in [1.807, 2.05) is 0 Å². The molecule has 0 aliphatic heterocycles. The van der Waals surface area contributed by atoms with Crippen LogP contribution in [-0.2, 0) is 16.0 Å². The summed E-state index contributed by atoms with van der Waals surface area (Å²) < 4.78 is 4.81. The molecule has 3 aromatic carbocycles. The molecule has 0 unspecified atom stereocenters. The highest BCUT2D eigenvalue weighted by Gasteiger charge is 2.25. The molecule has 1 atom stereocenters. The number of amides is 1. The number of pyridine rings is 1. The number of fused-ring (bicyclic) bond motifs is 1. The van der Waals surface area contributed by atoms with Crippen LogP contribution < -0.4 is 5.32 Å². The number of methoxy groups -OCH3 is 1. The van der Waals surface area contributed by atoms with Gasteiger partial charge in [0.05, 0.1) is 18.2 Å². The lowest BCUT2D eigenvalue weighted by molar-refractivity contribution is -0.142. The number of phenolic OH excluding ortho intramolecular Hbond substituents is 2. The minimum Gasteiger partial charge on any atom is -0.508 e. The van der Waals surface area contributed by atoms with Gasteiger partial charge in [-0.3, -0.25) is 4.79 Å². The number of aromatic carboxylic acids is 1. The topological polar surface area (TPSA) is 146 Å². The number of carboxylic acid groups (broad SMARTS) is 1. The number of aromatic nitrogens is 1. The number of ether oxygens (including phenoxy) is 1. The Morgan fingerprint density at radius 2 is 1.50 bits per heavy atom. The molecule has 4 rings (SSSR count). The zero-order chi connectivity index (χ0) is 25.8. The van der Waals surface area contributed by atoms with Crippen molar-refractivity contribution in [3.8, 4) is 22.6 Å². The quantitative estimate of drug-likeness (QED) is 0.290. The fraction of sp³-hybridized carbons (Fsp3) is 0.111. The molecule has 4 aromatic rings. The highest BCUT2D eigenvalue weighted by Crippen LogP contribution is 2.28. The molecule has 9 heteroatoms. The molecule has 0 spiro atoms. The van der Waals surface area contributed by atoms with Gasteiger partial charge in [-0.25, -0.2) is 14.6 Å². The summed E-state index contributed by atoms with van der Waals surface area (Å²) in [5.74, 6) is -2.50. The van der Waals surface area contributed by atoms with E-state index in [9.17, 15) is 29.7 Å². The molecule has 1 aromatic heterocycles. The highest BCUT2D eigenvalue weighted by molar-refractivity contribution is 6.07. The van der Waals surface area contributed by atoms with E-state index in [0.29, 0.717) is 16.5 Å². The van der Waals surface area contributed by atoms with E-state index in [1.165, 1.54) is 31.4 Å². The average molecular weight is 486 g/mol. The molecule has 0 aliphatic rings. The number of aromatic hydroxyl groups is 2. The maximum atomic E-state index is 13.0. The van der Waals surface area contributed by atoms with Gasteiger partial charge < -0.3 is 25.4 Å². The second kappa shape index (κ2) is 10.1. The molecule has 36 heavy (non-hydrogen) atoms. The lowest BCUT2D eigenvalue weighted by Crippen LogP contribution is -2.43. The summed E-state index contributed by atoms with van der Waals surface area (Å²) in [6.07, 6.45) is 0.0913. The van der Waals surface area contributed by atoms with Crippen molar-refractivity contribution in [2.24, 2.45) is 0 Å². The Morgan fingerprint density at radius 1 is 0.889 bits per heavy atom. The van der Waals surface area contributed by atoms with Crippen LogP contribution in [0.5, 0.6) is 11.5 Å². The van der Waals surface area contributed by atoms with E-state index < -0.39 is 23.9 Å². The van der Waals surface area contributed by atoms with Crippen molar-refractivity contribution in [3.63, 3.8) is 0 Å². The van der Waals surface area contributed by atoms with Crippen LogP contribution in [-0.4, -0.2) is 51.3 Å². The molecular weight excluding hydrogens is 464 g/mol. The molecule has 0 bridgehead atoms. The zero-order valence-corrected chi connectivity index (χ0v) is 19.1. The first-order chi connectivity index (χ1) is 17.2. The summed E-state index contributed by atoms with van der Waals surface area (Å²) in [6.45, 7) is 0. The third-order valence-corrected chi connectivity index (χ3v) is 5.64. The van der Waals surface area contributed by atoms with Gasteiger partial charge in [-0.1, -0.05) is 30.3 Å². The number of esters is 1. The van der Waals surface area contributed by atoms with Crippen molar-refractivity contribution >= 4 is 28.7 Å². The van der Waals surface area contributed by atoms with Gasteiger partial charge in [-0.15, -0.1) is 0 Å². The Bertz CT molecular complexity index is 1450. The summed E-state index contributed by atoms with van der Waals surface area (Å²) in [6, 6.07) is 17.7. The van der Waals surface area contributed by atoms with Crippen LogP contribution >= 0.6 is 0 Å². The Hall–Kier alpha value is -4.92. The number of nitrogens with zero attached hydrogens (tertiary/aromatic N) is 1.